The highest BCUT2D eigenvalue weighted by Crippen LogP contribution is 2.39. The highest BCUT2D eigenvalue weighted by Gasteiger charge is 2.39. The number of benzene rings is 1. The number of halogens is 2. The molecule has 1 saturated carbocycles. The number of hydrogen-bond acceptors (Lipinski definition) is 3. The summed E-state index contributed by atoms with van der Waals surface area (Å²) in [7, 11) is 0. The highest BCUT2D eigenvalue weighted by molar-refractivity contribution is 6.30. The van der Waals surface area contributed by atoms with E-state index in [4.69, 9.17) is 11.6 Å². The van der Waals surface area contributed by atoms with Gasteiger partial charge in [0, 0.05) is 24.7 Å². The summed E-state index contributed by atoms with van der Waals surface area (Å²) in [6.07, 6.45) is 5.27. The molecule has 1 aliphatic carbocycles. The standard InChI is InChI=1S/C18H14ClFN4O/c19-12-4-1-10(7-13(12)20)15-16-14(8-21-9-22-16)24-6-5-23(11-2-3-11)18(25)17(15)24/h1,4,7-9,11H,2-3,5-6H2. The summed E-state index contributed by atoms with van der Waals surface area (Å²) < 4.78 is 16.0. The van der Waals surface area contributed by atoms with Gasteiger partial charge in [-0.1, -0.05) is 17.7 Å². The van der Waals surface area contributed by atoms with Crippen molar-refractivity contribution in [2.75, 3.05) is 6.54 Å². The summed E-state index contributed by atoms with van der Waals surface area (Å²) in [5, 5.41) is 0.0571. The van der Waals surface area contributed by atoms with Crippen LogP contribution in [-0.4, -0.2) is 37.9 Å². The van der Waals surface area contributed by atoms with Crippen molar-refractivity contribution in [1.29, 1.82) is 0 Å². The molecule has 2 aromatic heterocycles. The lowest BCUT2D eigenvalue weighted by molar-refractivity contribution is 0.0694. The van der Waals surface area contributed by atoms with Crippen molar-refractivity contribution < 1.29 is 9.18 Å². The van der Waals surface area contributed by atoms with Crippen molar-refractivity contribution in [2.24, 2.45) is 0 Å². The van der Waals surface area contributed by atoms with Gasteiger partial charge in [-0.15, -0.1) is 0 Å². The number of aromatic nitrogens is 3. The second kappa shape index (κ2) is 5.26. The van der Waals surface area contributed by atoms with E-state index in [2.05, 4.69) is 9.97 Å². The van der Waals surface area contributed by atoms with Crippen LogP contribution in [0.15, 0.2) is 30.7 Å². The lowest BCUT2D eigenvalue weighted by Gasteiger charge is -2.29. The van der Waals surface area contributed by atoms with Gasteiger partial charge in [0.25, 0.3) is 5.91 Å². The van der Waals surface area contributed by atoms with Crippen molar-refractivity contribution in [1.82, 2.24) is 19.4 Å². The van der Waals surface area contributed by atoms with Gasteiger partial charge >= 0.3 is 0 Å². The fraction of sp³-hybridized carbons (Fsp3) is 0.278. The van der Waals surface area contributed by atoms with E-state index in [1.165, 1.54) is 18.5 Å². The average Bonchev–Trinajstić information content (AvgIpc) is 3.40. The van der Waals surface area contributed by atoms with Gasteiger partial charge in [0.05, 0.1) is 16.7 Å². The molecule has 5 nitrogen and oxygen atoms in total. The second-order valence-corrected chi connectivity index (χ2v) is 6.90. The zero-order chi connectivity index (χ0) is 17.1. The maximum absolute atomic E-state index is 14.0. The van der Waals surface area contributed by atoms with E-state index in [9.17, 15) is 9.18 Å². The number of amides is 1. The summed E-state index contributed by atoms with van der Waals surface area (Å²) in [4.78, 5) is 23.6. The molecule has 3 aromatic rings. The molecular formula is C18H14ClFN4O. The van der Waals surface area contributed by atoms with Crippen LogP contribution < -0.4 is 0 Å². The van der Waals surface area contributed by atoms with Crippen molar-refractivity contribution in [3.63, 3.8) is 0 Å². The van der Waals surface area contributed by atoms with Crippen LogP contribution in [0.2, 0.25) is 5.02 Å². The van der Waals surface area contributed by atoms with Crippen LogP contribution in [0.4, 0.5) is 4.39 Å². The fourth-order valence-electron chi connectivity index (χ4n) is 3.64. The summed E-state index contributed by atoms with van der Waals surface area (Å²) >= 11 is 5.82. The Bertz CT molecular complexity index is 1030. The van der Waals surface area contributed by atoms with Crippen LogP contribution in [0.1, 0.15) is 23.3 Å². The smallest absolute Gasteiger partial charge is 0.271 e. The molecule has 0 atom stereocenters. The Labute approximate surface area is 148 Å². The first kappa shape index (κ1) is 14.8. The predicted molar refractivity (Wildman–Crippen MR) is 92.0 cm³/mol. The van der Waals surface area contributed by atoms with Crippen molar-refractivity contribution in [3.8, 4) is 11.1 Å². The van der Waals surface area contributed by atoms with Crippen LogP contribution in [0, 0.1) is 5.82 Å². The van der Waals surface area contributed by atoms with Crippen molar-refractivity contribution >= 4 is 28.5 Å². The first-order valence-electron chi connectivity index (χ1n) is 8.23. The molecule has 0 radical (unpaired) electrons. The van der Waals surface area contributed by atoms with Crippen LogP contribution in [0.5, 0.6) is 0 Å². The van der Waals surface area contributed by atoms with E-state index in [1.807, 2.05) is 9.47 Å². The Morgan fingerprint density at radius 1 is 1.24 bits per heavy atom. The molecule has 25 heavy (non-hydrogen) atoms. The SMILES string of the molecule is O=C1c2c(-c3ccc(Cl)c(F)c3)c3ncncc3n2CCN1C1CC1. The number of nitrogens with zero attached hydrogens (tertiary/aromatic N) is 4. The zero-order valence-corrected chi connectivity index (χ0v) is 14.0. The quantitative estimate of drug-likeness (QED) is 0.706. The molecule has 1 aromatic carbocycles. The van der Waals surface area contributed by atoms with E-state index >= 15 is 0 Å². The van der Waals surface area contributed by atoms with Gasteiger partial charge in [0.15, 0.2) is 0 Å². The first-order valence-corrected chi connectivity index (χ1v) is 8.61. The Morgan fingerprint density at radius 3 is 2.84 bits per heavy atom. The molecule has 0 N–H and O–H groups in total. The summed E-state index contributed by atoms with van der Waals surface area (Å²) in [5.74, 6) is -0.527. The minimum Gasteiger partial charge on any atom is -0.333 e. The number of fused-ring (bicyclic) bond motifs is 3. The molecule has 7 heteroatoms. The largest absolute Gasteiger partial charge is 0.333 e. The second-order valence-electron chi connectivity index (χ2n) is 6.49. The van der Waals surface area contributed by atoms with Crippen LogP contribution in [-0.2, 0) is 6.54 Å². The monoisotopic (exact) mass is 356 g/mol. The van der Waals surface area contributed by atoms with Gasteiger partial charge in [-0.3, -0.25) is 4.79 Å². The molecule has 0 spiro atoms. The van der Waals surface area contributed by atoms with Crippen molar-refractivity contribution in [3.05, 3.63) is 47.3 Å². The van der Waals surface area contributed by atoms with E-state index in [0.29, 0.717) is 41.5 Å². The maximum atomic E-state index is 14.0. The van der Waals surface area contributed by atoms with Crippen molar-refractivity contribution in [2.45, 2.75) is 25.4 Å². The van der Waals surface area contributed by atoms with Gasteiger partial charge in [-0.25, -0.2) is 14.4 Å². The molecule has 3 heterocycles. The Kier molecular flexibility index (Phi) is 3.12. The minimum absolute atomic E-state index is 0.0166. The van der Waals surface area contributed by atoms with Gasteiger partial charge < -0.3 is 9.47 Å². The molecule has 0 saturated heterocycles. The number of carbonyl (C=O) groups excluding carboxylic acids is 1. The van der Waals surface area contributed by atoms with Gasteiger partial charge in [0.2, 0.25) is 0 Å². The summed E-state index contributed by atoms with van der Waals surface area (Å²) in [6.45, 7) is 1.38. The molecular weight excluding hydrogens is 343 g/mol. The topological polar surface area (TPSA) is 51.0 Å². The van der Waals surface area contributed by atoms with Crippen LogP contribution in [0.25, 0.3) is 22.2 Å². The third kappa shape index (κ3) is 2.17. The molecule has 1 aliphatic heterocycles. The molecule has 0 bridgehead atoms. The Morgan fingerprint density at radius 2 is 2.08 bits per heavy atom. The minimum atomic E-state index is -0.511. The third-order valence-corrected chi connectivity index (χ3v) is 5.26. The van der Waals surface area contributed by atoms with E-state index in [1.54, 1.807) is 12.3 Å². The fourth-order valence-corrected chi connectivity index (χ4v) is 3.76. The average molecular weight is 357 g/mol. The predicted octanol–water partition coefficient (Wildman–Crippen LogP) is 3.51. The Balaban J connectivity index is 1.80. The lowest BCUT2D eigenvalue weighted by Crippen LogP contribution is -2.41. The third-order valence-electron chi connectivity index (χ3n) is 4.95. The number of carbonyl (C=O) groups is 1. The molecule has 2 aliphatic rings. The van der Waals surface area contributed by atoms with Gasteiger partial charge in [0.1, 0.15) is 23.4 Å². The van der Waals surface area contributed by atoms with Gasteiger partial charge in [-0.2, -0.15) is 0 Å². The van der Waals surface area contributed by atoms with Gasteiger partial charge in [-0.05, 0) is 30.5 Å². The highest BCUT2D eigenvalue weighted by atomic mass is 35.5. The molecule has 1 amide bonds. The maximum Gasteiger partial charge on any atom is 0.271 e. The molecule has 0 unspecified atom stereocenters. The molecule has 126 valence electrons. The Hall–Kier alpha value is -2.47. The summed E-state index contributed by atoms with van der Waals surface area (Å²) in [5.41, 5.74) is 3.29. The molecule has 1 fully saturated rings. The molecule has 5 rings (SSSR count). The summed E-state index contributed by atoms with van der Waals surface area (Å²) in [6, 6.07) is 4.94. The zero-order valence-electron chi connectivity index (χ0n) is 13.2. The van der Waals surface area contributed by atoms with E-state index in [0.717, 1.165) is 18.4 Å². The lowest BCUT2D eigenvalue weighted by atomic mass is 10.0. The first-order chi connectivity index (χ1) is 12.1. The van der Waals surface area contributed by atoms with E-state index in [-0.39, 0.29) is 10.9 Å². The number of hydrogen-bond donors (Lipinski definition) is 0. The number of rotatable bonds is 2. The normalized spacial score (nSPS) is 17.2. The van der Waals surface area contributed by atoms with Crippen LogP contribution >= 0.6 is 11.6 Å². The van der Waals surface area contributed by atoms with Crippen LogP contribution in [0.3, 0.4) is 0 Å². The van der Waals surface area contributed by atoms with E-state index < -0.39 is 5.82 Å².